The Labute approximate surface area is 323 Å². The average Bonchev–Trinajstić information content (AvgIpc) is 3.12. The predicted molar refractivity (Wildman–Crippen MR) is 220 cm³/mol. The monoisotopic (exact) mass is 737 g/mol. The third kappa shape index (κ3) is 39.6. The molecule has 0 spiro atoms. The second kappa shape index (κ2) is 40.6. The molecule has 0 aliphatic carbocycles. The van der Waals surface area contributed by atoms with E-state index in [1.54, 1.807) is 0 Å². The van der Waals surface area contributed by atoms with E-state index in [1.165, 1.54) is 148 Å². The Kier molecular flexibility index (Phi) is 39.4. The lowest BCUT2D eigenvalue weighted by molar-refractivity contribution is -0.167. The third-order valence-corrected chi connectivity index (χ3v) is 10.3. The van der Waals surface area contributed by atoms with Gasteiger partial charge in [-0.05, 0) is 25.2 Å². The predicted octanol–water partition coefficient (Wildman–Crippen LogP) is 14.3. The molecule has 6 heteroatoms. The van der Waals surface area contributed by atoms with E-state index in [1.807, 2.05) is 0 Å². The van der Waals surface area contributed by atoms with E-state index >= 15 is 0 Å². The van der Waals surface area contributed by atoms with Gasteiger partial charge in [0.1, 0.15) is 13.2 Å². The Hall–Kier alpha value is -1.59. The molecule has 308 valence electrons. The fourth-order valence-corrected chi connectivity index (χ4v) is 6.80. The molecule has 0 saturated carbocycles. The van der Waals surface area contributed by atoms with E-state index < -0.39 is 6.10 Å². The van der Waals surface area contributed by atoms with Crippen molar-refractivity contribution in [2.75, 3.05) is 13.2 Å². The van der Waals surface area contributed by atoms with Crippen molar-refractivity contribution >= 4 is 17.9 Å². The number of hydrogen-bond acceptors (Lipinski definition) is 6. The maximum atomic E-state index is 12.6. The van der Waals surface area contributed by atoms with Crippen LogP contribution in [0.3, 0.4) is 0 Å². The van der Waals surface area contributed by atoms with Crippen molar-refractivity contribution in [1.29, 1.82) is 0 Å². The molecule has 0 amide bonds. The first-order valence-corrected chi connectivity index (χ1v) is 22.9. The van der Waals surface area contributed by atoms with Gasteiger partial charge in [0.2, 0.25) is 0 Å². The third-order valence-electron chi connectivity index (χ3n) is 10.3. The Bertz CT molecular complexity index is 781. The molecule has 0 aromatic carbocycles. The van der Waals surface area contributed by atoms with Gasteiger partial charge in [0.25, 0.3) is 0 Å². The molecule has 0 saturated heterocycles. The first-order valence-electron chi connectivity index (χ1n) is 22.9. The van der Waals surface area contributed by atoms with Crippen LogP contribution in [0.1, 0.15) is 252 Å². The molecule has 6 nitrogen and oxygen atoms in total. The van der Waals surface area contributed by atoms with Crippen LogP contribution >= 0.6 is 0 Å². The molecule has 0 radical (unpaired) electrons. The molecule has 0 rings (SSSR count). The Balaban J connectivity index is 4.20. The highest BCUT2D eigenvalue weighted by Gasteiger charge is 2.19. The minimum atomic E-state index is -0.758. The number of carbonyl (C=O) groups is 3. The van der Waals surface area contributed by atoms with Gasteiger partial charge in [0.05, 0.1) is 0 Å². The van der Waals surface area contributed by atoms with Crippen LogP contribution in [0.25, 0.3) is 0 Å². The summed E-state index contributed by atoms with van der Waals surface area (Å²) < 4.78 is 16.6. The van der Waals surface area contributed by atoms with Gasteiger partial charge >= 0.3 is 17.9 Å². The molecular weight excluding hydrogens is 648 g/mol. The summed E-state index contributed by atoms with van der Waals surface area (Å²) in [5, 5.41) is 0. The van der Waals surface area contributed by atoms with E-state index in [0.717, 1.165) is 63.7 Å². The van der Waals surface area contributed by atoms with Crippen molar-refractivity contribution in [1.82, 2.24) is 0 Å². The SMILES string of the molecule is CCCCCCCCCCCCCCCCCCCC(=O)OC[C@H](COC(=O)CCCCCCCCC)OC(=O)CCCCCCCCCC(C)C. The highest BCUT2D eigenvalue weighted by molar-refractivity contribution is 5.71. The van der Waals surface area contributed by atoms with Crippen LogP contribution in [-0.2, 0) is 28.6 Å². The summed E-state index contributed by atoms with van der Waals surface area (Å²) in [6.45, 7) is 8.91. The zero-order chi connectivity index (χ0) is 38.2. The van der Waals surface area contributed by atoms with Crippen LogP contribution < -0.4 is 0 Å². The largest absolute Gasteiger partial charge is 0.462 e. The summed E-state index contributed by atoms with van der Waals surface area (Å²) in [6, 6.07) is 0. The minimum absolute atomic E-state index is 0.0649. The van der Waals surface area contributed by atoms with Crippen molar-refractivity contribution < 1.29 is 28.6 Å². The minimum Gasteiger partial charge on any atom is -0.462 e. The van der Waals surface area contributed by atoms with Crippen LogP contribution in [0.15, 0.2) is 0 Å². The molecule has 0 heterocycles. The molecule has 0 fully saturated rings. The van der Waals surface area contributed by atoms with Crippen molar-refractivity contribution in [3.8, 4) is 0 Å². The van der Waals surface area contributed by atoms with Gasteiger partial charge < -0.3 is 14.2 Å². The summed E-state index contributed by atoms with van der Waals surface area (Å²) in [5.74, 6) is -0.0857. The van der Waals surface area contributed by atoms with E-state index in [4.69, 9.17) is 14.2 Å². The summed E-state index contributed by atoms with van der Waals surface area (Å²) in [5.41, 5.74) is 0. The maximum Gasteiger partial charge on any atom is 0.306 e. The second-order valence-corrected chi connectivity index (χ2v) is 16.2. The lowest BCUT2D eigenvalue weighted by atomic mass is 10.0. The first kappa shape index (κ1) is 50.4. The Morgan fingerprint density at radius 1 is 0.365 bits per heavy atom. The molecule has 0 aromatic heterocycles. The fraction of sp³-hybridized carbons (Fsp3) is 0.935. The van der Waals surface area contributed by atoms with E-state index in [-0.39, 0.29) is 31.1 Å². The number of ether oxygens (including phenoxy) is 3. The zero-order valence-corrected chi connectivity index (χ0v) is 35.3. The van der Waals surface area contributed by atoms with Gasteiger partial charge in [-0.25, -0.2) is 0 Å². The van der Waals surface area contributed by atoms with Crippen LogP contribution in [-0.4, -0.2) is 37.2 Å². The first-order chi connectivity index (χ1) is 25.4. The van der Waals surface area contributed by atoms with Crippen LogP contribution in [0.2, 0.25) is 0 Å². The fourth-order valence-electron chi connectivity index (χ4n) is 6.80. The number of hydrogen-bond donors (Lipinski definition) is 0. The molecule has 1 atom stereocenters. The second-order valence-electron chi connectivity index (χ2n) is 16.2. The molecule has 52 heavy (non-hydrogen) atoms. The van der Waals surface area contributed by atoms with Crippen LogP contribution in [0.5, 0.6) is 0 Å². The molecule has 0 N–H and O–H groups in total. The number of rotatable bonds is 41. The van der Waals surface area contributed by atoms with E-state index in [9.17, 15) is 14.4 Å². The summed E-state index contributed by atoms with van der Waals surface area (Å²) >= 11 is 0. The normalized spacial score (nSPS) is 11.9. The van der Waals surface area contributed by atoms with Crippen molar-refractivity contribution in [2.45, 2.75) is 259 Å². The maximum absolute atomic E-state index is 12.6. The lowest BCUT2D eigenvalue weighted by Crippen LogP contribution is -2.30. The van der Waals surface area contributed by atoms with Gasteiger partial charge in [-0.1, -0.05) is 214 Å². The average molecular weight is 737 g/mol. The smallest absolute Gasteiger partial charge is 0.306 e. The van der Waals surface area contributed by atoms with Gasteiger partial charge in [0, 0.05) is 19.3 Å². The summed E-state index contributed by atoms with van der Waals surface area (Å²) in [4.78, 5) is 37.5. The molecule has 0 aliphatic rings. The van der Waals surface area contributed by atoms with Crippen molar-refractivity contribution in [3.63, 3.8) is 0 Å². The van der Waals surface area contributed by atoms with Gasteiger partial charge in [-0.15, -0.1) is 0 Å². The molecule has 0 aromatic rings. The molecule has 0 aliphatic heterocycles. The van der Waals surface area contributed by atoms with Crippen molar-refractivity contribution in [3.05, 3.63) is 0 Å². The molecular formula is C46H88O6. The van der Waals surface area contributed by atoms with Gasteiger partial charge in [-0.2, -0.15) is 0 Å². The Morgan fingerprint density at radius 2 is 0.635 bits per heavy atom. The number of esters is 3. The molecule has 0 unspecified atom stereocenters. The summed E-state index contributed by atoms with van der Waals surface area (Å²) in [7, 11) is 0. The lowest BCUT2D eigenvalue weighted by Gasteiger charge is -2.18. The van der Waals surface area contributed by atoms with Gasteiger partial charge in [-0.3, -0.25) is 14.4 Å². The van der Waals surface area contributed by atoms with E-state index in [0.29, 0.717) is 19.3 Å². The highest BCUT2D eigenvalue weighted by Crippen LogP contribution is 2.16. The topological polar surface area (TPSA) is 78.9 Å². The quantitative estimate of drug-likeness (QED) is 0.0353. The summed E-state index contributed by atoms with van der Waals surface area (Å²) in [6.07, 6.45) is 39.7. The van der Waals surface area contributed by atoms with Gasteiger partial charge in [0.15, 0.2) is 6.10 Å². The number of carbonyl (C=O) groups excluding carboxylic acids is 3. The van der Waals surface area contributed by atoms with Crippen LogP contribution in [0.4, 0.5) is 0 Å². The highest BCUT2D eigenvalue weighted by atomic mass is 16.6. The standard InChI is InChI=1S/C46H88O6/c1-5-7-9-11-13-14-15-16-17-18-19-20-21-22-26-30-34-38-45(48)51-41-43(40-50-44(47)37-33-29-24-12-10-8-6-2)52-46(49)39-35-31-27-23-25-28-32-36-42(3)4/h42-43H,5-41H2,1-4H3/t43-/m0/s1. The number of unbranched alkanes of at least 4 members (excludes halogenated alkanes) is 28. The van der Waals surface area contributed by atoms with E-state index in [2.05, 4.69) is 27.7 Å². The Morgan fingerprint density at radius 3 is 0.942 bits per heavy atom. The zero-order valence-electron chi connectivity index (χ0n) is 35.3. The van der Waals surface area contributed by atoms with Crippen LogP contribution in [0, 0.1) is 5.92 Å². The molecule has 0 bridgehead atoms. The van der Waals surface area contributed by atoms with Crippen molar-refractivity contribution in [2.24, 2.45) is 5.92 Å².